The lowest BCUT2D eigenvalue weighted by molar-refractivity contribution is -0.352. The maximum atomic E-state index is 13.4. The third-order valence-corrected chi connectivity index (χ3v) is 2.42. The van der Waals surface area contributed by atoms with Crippen molar-refractivity contribution in [3.63, 3.8) is 0 Å². The minimum atomic E-state index is -3.64. The van der Waals surface area contributed by atoms with Crippen molar-refractivity contribution >= 4 is 0 Å². The first-order chi connectivity index (χ1) is 7.45. The molecule has 0 radical (unpaired) electrons. The maximum Gasteiger partial charge on any atom is 0.325 e. The Morgan fingerprint density at radius 2 is 2.06 bits per heavy atom. The molecule has 7 heteroatoms. The Morgan fingerprint density at radius 3 is 2.56 bits per heavy atom. The average molecular weight is 241 g/mol. The van der Waals surface area contributed by atoms with Crippen LogP contribution in [0.2, 0.25) is 0 Å². The highest BCUT2D eigenvalue weighted by molar-refractivity contribution is 4.94. The molecule has 1 aliphatic rings. The van der Waals surface area contributed by atoms with Crippen LogP contribution in [0.5, 0.6) is 0 Å². The number of hydrogen-bond acceptors (Lipinski definition) is 5. The van der Waals surface area contributed by atoms with Gasteiger partial charge in [-0.2, -0.15) is 8.78 Å². The van der Waals surface area contributed by atoms with Gasteiger partial charge in [-0.15, -0.1) is 0 Å². The zero-order chi connectivity index (χ0) is 12.3. The minimum absolute atomic E-state index is 0.0837. The Bertz CT molecular complexity index is 230. The molecule has 16 heavy (non-hydrogen) atoms. The first-order valence-electron chi connectivity index (χ1n) is 5.16. The highest BCUT2D eigenvalue weighted by atomic mass is 19.3. The SMILES string of the molecule is CCCO[C@@H]1O[C@H](CN)[C@@H](O)[C@H](O)C1(F)F. The molecular weight excluding hydrogens is 224 g/mol. The van der Waals surface area contributed by atoms with Gasteiger partial charge in [0.1, 0.15) is 12.2 Å². The number of nitrogens with two attached hydrogens (primary N) is 1. The van der Waals surface area contributed by atoms with Gasteiger partial charge in [0.25, 0.3) is 0 Å². The van der Waals surface area contributed by atoms with Gasteiger partial charge in [-0.3, -0.25) is 0 Å². The van der Waals surface area contributed by atoms with E-state index >= 15 is 0 Å². The van der Waals surface area contributed by atoms with Crippen molar-refractivity contribution in [2.24, 2.45) is 5.73 Å². The third kappa shape index (κ3) is 2.49. The third-order valence-electron chi connectivity index (χ3n) is 2.42. The van der Waals surface area contributed by atoms with Crippen LogP contribution in [0.3, 0.4) is 0 Å². The van der Waals surface area contributed by atoms with E-state index in [-0.39, 0.29) is 13.2 Å². The Balaban J connectivity index is 2.74. The molecule has 0 unspecified atom stereocenters. The van der Waals surface area contributed by atoms with Crippen LogP contribution in [0.1, 0.15) is 13.3 Å². The van der Waals surface area contributed by atoms with Crippen molar-refractivity contribution in [2.45, 2.75) is 43.9 Å². The van der Waals surface area contributed by atoms with Crippen LogP contribution in [-0.2, 0) is 9.47 Å². The summed E-state index contributed by atoms with van der Waals surface area (Å²) in [5, 5.41) is 18.6. The molecule has 0 aromatic carbocycles. The summed E-state index contributed by atoms with van der Waals surface area (Å²) in [6.45, 7) is 1.67. The molecule has 0 amide bonds. The number of alkyl halides is 2. The van der Waals surface area contributed by atoms with E-state index in [0.29, 0.717) is 6.42 Å². The van der Waals surface area contributed by atoms with Gasteiger partial charge < -0.3 is 25.4 Å². The largest absolute Gasteiger partial charge is 0.387 e. The van der Waals surface area contributed by atoms with E-state index in [9.17, 15) is 19.0 Å². The quantitative estimate of drug-likeness (QED) is 0.615. The summed E-state index contributed by atoms with van der Waals surface area (Å²) in [6.07, 6.45) is -6.30. The second-order valence-corrected chi connectivity index (χ2v) is 3.72. The highest BCUT2D eigenvalue weighted by Crippen LogP contribution is 2.35. The van der Waals surface area contributed by atoms with Crippen LogP contribution in [-0.4, -0.2) is 53.9 Å². The van der Waals surface area contributed by atoms with E-state index in [2.05, 4.69) is 0 Å². The van der Waals surface area contributed by atoms with Crippen LogP contribution < -0.4 is 5.73 Å². The fourth-order valence-electron chi connectivity index (χ4n) is 1.47. The topological polar surface area (TPSA) is 84.9 Å². The zero-order valence-electron chi connectivity index (χ0n) is 8.97. The van der Waals surface area contributed by atoms with Crippen LogP contribution in [0.4, 0.5) is 8.78 Å². The van der Waals surface area contributed by atoms with E-state index in [4.69, 9.17) is 15.2 Å². The van der Waals surface area contributed by atoms with Gasteiger partial charge in [0.15, 0.2) is 6.10 Å². The molecule has 0 aromatic rings. The van der Waals surface area contributed by atoms with Gasteiger partial charge in [-0.1, -0.05) is 6.92 Å². The van der Waals surface area contributed by atoms with Gasteiger partial charge in [0, 0.05) is 13.2 Å². The average Bonchev–Trinajstić information content (AvgIpc) is 2.25. The van der Waals surface area contributed by atoms with Crippen molar-refractivity contribution in [3.05, 3.63) is 0 Å². The zero-order valence-corrected chi connectivity index (χ0v) is 8.97. The van der Waals surface area contributed by atoms with Crippen LogP contribution in [0.25, 0.3) is 0 Å². The standard InChI is InChI=1S/C9H17F2NO4/c1-2-3-15-8-9(10,11)7(14)6(13)5(4-12)16-8/h5-8,13-14H,2-4,12H2,1H3/t5-,6-,7+,8-/m1/s1. The normalized spacial score (nSPS) is 38.6. The summed E-state index contributed by atoms with van der Waals surface area (Å²) < 4.78 is 36.5. The monoisotopic (exact) mass is 241 g/mol. The van der Waals surface area contributed by atoms with Gasteiger partial charge in [0.2, 0.25) is 6.29 Å². The van der Waals surface area contributed by atoms with Crippen LogP contribution >= 0.6 is 0 Å². The summed E-state index contributed by atoms with van der Waals surface area (Å²) in [7, 11) is 0. The highest BCUT2D eigenvalue weighted by Gasteiger charge is 2.57. The van der Waals surface area contributed by atoms with Crippen molar-refractivity contribution in [1.82, 2.24) is 0 Å². The predicted octanol–water partition coefficient (Wildman–Crippen LogP) is -0.546. The second kappa shape index (κ2) is 5.33. The van der Waals surface area contributed by atoms with Crippen LogP contribution in [0, 0.1) is 0 Å². The first kappa shape index (κ1) is 13.7. The summed E-state index contributed by atoms with van der Waals surface area (Å²) in [5.74, 6) is -3.64. The molecule has 0 spiro atoms. The van der Waals surface area contributed by atoms with Gasteiger partial charge in [0.05, 0.1) is 0 Å². The number of rotatable bonds is 4. The summed E-state index contributed by atoms with van der Waals surface area (Å²) >= 11 is 0. The lowest BCUT2D eigenvalue weighted by atomic mass is 9.98. The number of aliphatic hydroxyl groups is 2. The van der Waals surface area contributed by atoms with E-state index < -0.39 is 30.5 Å². The van der Waals surface area contributed by atoms with Crippen molar-refractivity contribution in [2.75, 3.05) is 13.2 Å². The van der Waals surface area contributed by atoms with Gasteiger partial charge in [-0.05, 0) is 6.42 Å². The van der Waals surface area contributed by atoms with E-state index in [1.165, 1.54) is 0 Å². The molecule has 1 rings (SSSR count). The van der Waals surface area contributed by atoms with Crippen molar-refractivity contribution in [1.29, 1.82) is 0 Å². The van der Waals surface area contributed by atoms with Gasteiger partial charge >= 0.3 is 5.92 Å². The molecule has 4 atom stereocenters. The molecule has 1 saturated heterocycles. The molecule has 1 aliphatic heterocycles. The van der Waals surface area contributed by atoms with Crippen molar-refractivity contribution in [3.8, 4) is 0 Å². The molecule has 0 saturated carbocycles. The molecule has 0 bridgehead atoms. The molecule has 1 heterocycles. The van der Waals surface area contributed by atoms with Crippen molar-refractivity contribution < 1.29 is 28.5 Å². The summed E-state index contributed by atoms with van der Waals surface area (Å²) in [5.41, 5.74) is 5.24. The molecule has 1 fully saturated rings. The van der Waals surface area contributed by atoms with E-state index in [0.717, 1.165) is 0 Å². The first-order valence-corrected chi connectivity index (χ1v) is 5.16. The van der Waals surface area contributed by atoms with E-state index in [1.807, 2.05) is 0 Å². The molecule has 0 aromatic heterocycles. The van der Waals surface area contributed by atoms with Crippen LogP contribution in [0.15, 0.2) is 0 Å². The fourth-order valence-corrected chi connectivity index (χ4v) is 1.47. The number of halogens is 2. The fraction of sp³-hybridized carbons (Fsp3) is 1.00. The number of aliphatic hydroxyl groups excluding tert-OH is 2. The maximum absolute atomic E-state index is 13.4. The lowest BCUT2D eigenvalue weighted by Crippen LogP contribution is -2.63. The summed E-state index contributed by atoms with van der Waals surface area (Å²) in [4.78, 5) is 0. The molecule has 5 nitrogen and oxygen atoms in total. The lowest BCUT2D eigenvalue weighted by Gasteiger charge is -2.41. The molecule has 0 aliphatic carbocycles. The summed E-state index contributed by atoms with van der Waals surface area (Å²) in [6, 6.07) is 0. The smallest absolute Gasteiger partial charge is 0.325 e. The van der Waals surface area contributed by atoms with Gasteiger partial charge in [-0.25, -0.2) is 0 Å². The predicted molar refractivity (Wildman–Crippen MR) is 50.9 cm³/mol. The Hall–Kier alpha value is -0.340. The second-order valence-electron chi connectivity index (χ2n) is 3.72. The molecule has 4 N–H and O–H groups in total. The number of ether oxygens (including phenoxy) is 2. The Morgan fingerprint density at radius 1 is 1.44 bits per heavy atom. The molecular formula is C9H17F2NO4. The Kier molecular flexibility index (Phi) is 4.57. The Labute approximate surface area is 92.1 Å². The minimum Gasteiger partial charge on any atom is -0.387 e. The van der Waals surface area contributed by atoms with E-state index in [1.54, 1.807) is 6.92 Å². The number of hydrogen-bond donors (Lipinski definition) is 3. The molecule has 96 valence electrons.